The van der Waals surface area contributed by atoms with Crippen molar-refractivity contribution in [1.29, 1.82) is 0 Å². The Balaban J connectivity index is 1.45. The maximum Gasteiger partial charge on any atom is 0.141 e. The van der Waals surface area contributed by atoms with Crippen molar-refractivity contribution < 1.29 is 0 Å². The van der Waals surface area contributed by atoms with Crippen LogP contribution in [0.4, 0.5) is 5.69 Å². The highest BCUT2D eigenvalue weighted by Gasteiger charge is 2.26. The van der Waals surface area contributed by atoms with Crippen molar-refractivity contribution in [2.24, 2.45) is 4.99 Å². The van der Waals surface area contributed by atoms with Crippen LogP contribution < -0.4 is 0 Å². The van der Waals surface area contributed by atoms with Gasteiger partial charge < -0.3 is 9.80 Å². The van der Waals surface area contributed by atoms with Gasteiger partial charge in [0.25, 0.3) is 0 Å². The molecule has 146 valence electrons. The predicted molar refractivity (Wildman–Crippen MR) is 124 cm³/mol. The smallest absolute Gasteiger partial charge is 0.141 e. The van der Waals surface area contributed by atoms with Gasteiger partial charge in [0.1, 0.15) is 5.84 Å². The Morgan fingerprint density at radius 3 is 2.28 bits per heavy atom. The molecule has 0 amide bonds. The van der Waals surface area contributed by atoms with E-state index < -0.39 is 0 Å². The van der Waals surface area contributed by atoms with E-state index in [4.69, 9.17) is 4.99 Å². The molecule has 1 saturated heterocycles. The highest BCUT2D eigenvalue weighted by atomic mass is 32.1. The lowest BCUT2D eigenvalue weighted by molar-refractivity contribution is 0.319. The summed E-state index contributed by atoms with van der Waals surface area (Å²) in [6.07, 6.45) is 2.63. The van der Waals surface area contributed by atoms with Gasteiger partial charge in [0.2, 0.25) is 0 Å². The maximum atomic E-state index is 5.03. The van der Waals surface area contributed by atoms with Gasteiger partial charge in [-0.3, -0.25) is 0 Å². The topological polar surface area (TPSA) is 18.8 Å². The van der Waals surface area contributed by atoms with E-state index in [1.807, 2.05) is 0 Å². The quantitative estimate of drug-likeness (QED) is 0.534. The van der Waals surface area contributed by atoms with Crippen molar-refractivity contribution in [1.82, 2.24) is 9.80 Å². The van der Waals surface area contributed by atoms with Crippen LogP contribution in [0.5, 0.6) is 0 Å². The number of nitrogens with zero attached hydrogens (tertiary/aromatic N) is 3. The van der Waals surface area contributed by atoms with Gasteiger partial charge in [0.05, 0.1) is 16.3 Å². The lowest BCUT2D eigenvalue weighted by Crippen LogP contribution is -2.38. The molecular formula is C25H25N3S. The first-order valence-corrected chi connectivity index (χ1v) is 11.2. The number of thiophene rings is 1. The summed E-state index contributed by atoms with van der Waals surface area (Å²) in [6.45, 7) is 8.84. The van der Waals surface area contributed by atoms with E-state index in [1.54, 1.807) is 11.3 Å². The molecule has 0 atom stereocenters. The minimum Gasteiger partial charge on any atom is -0.324 e. The first-order chi connectivity index (χ1) is 14.3. The summed E-state index contributed by atoms with van der Waals surface area (Å²) < 4.78 is 0. The largest absolute Gasteiger partial charge is 0.324 e. The molecule has 3 aromatic rings. The second-order valence-corrected chi connectivity index (χ2v) is 8.58. The third-order valence-corrected chi connectivity index (χ3v) is 6.76. The van der Waals surface area contributed by atoms with Gasteiger partial charge in [0.15, 0.2) is 0 Å². The lowest BCUT2D eigenvalue weighted by Gasteiger charge is -2.32. The summed E-state index contributed by atoms with van der Waals surface area (Å²) in [7, 11) is 0. The van der Waals surface area contributed by atoms with Crippen LogP contribution in [0.1, 0.15) is 23.3 Å². The van der Waals surface area contributed by atoms with Crippen molar-refractivity contribution in [3.63, 3.8) is 0 Å². The Labute approximate surface area is 176 Å². The molecule has 2 aromatic carbocycles. The number of hydrogen-bond acceptors (Lipinski definition) is 4. The molecule has 29 heavy (non-hydrogen) atoms. The zero-order valence-electron chi connectivity index (χ0n) is 16.6. The Bertz CT molecular complexity index is 1030. The molecule has 5 rings (SSSR count). The third kappa shape index (κ3) is 3.66. The predicted octanol–water partition coefficient (Wildman–Crippen LogP) is 5.88. The van der Waals surface area contributed by atoms with E-state index >= 15 is 0 Å². The lowest BCUT2D eigenvalue weighted by atomic mass is 10.0. The Hall–Kier alpha value is -2.69. The number of fused-ring (bicyclic) bond motifs is 1. The van der Waals surface area contributed by atoms with Crippen molar-refractivity contribution in [2.45, 2.75) is 12.8 Å². The van der Waals surface area contributed by atoms with E-state index in [9.17, 15) is 0 Å². The Morgan fingerprint density at radius 1 is 0.828 bits per heavy atom. The van der Waals surface area contributed by atoms with Crippen LogP contribution in [-0.2, 0) is 0 Å². The molecule has 1 aromatic heterocycles. The number of likely N-dealkylation sites (tertiary alicyclic amines) is 1. The van der Waals surface area contributed by atoms with E-state index in [0.29, 0.717) is 0 Å². The number of amidine groups is 1. The summed E-state index contributed by atoms with van der Waals surface area (Å²) in [5.41, 5.74) is 5.72. The van der Waals surface area contributed by atoms with Gasteiger partial charge in [-0.25, -0.2) is 4.99 Å². The highest BCUT2D eigenvalue weighted by Crippen LogP contribution is 2.38. The van der Waals surface area contributed by atoms with Gasteiger partial charge in [-0.2, -0.15) is 0 Å². The minimum absolute atomic E-state index is 0.926. The van der Waals surface area contributed by atoms with Crippen LogP contribution in [0.15, 0.2) is 77.6 Å². The van der Waals surface area contributed by atoms with Crippen LogP contribution in [0.25, 0.3) is 16.8 Å². The van der Waals surface area contributed by atoms with E-state index in [1.165, 1.54) is 41.9 Å². The molecule has 0 radical (unpaired) electrons. The van der Waals surface area contributed by atoms with Gasteiger partial charge in [-0.1, -0.05) is 61.2 Å². The molecule has 0 bridgehead atoms. The number of aliphatic imine (C=N–C) groups is 1. The second-order valence-electron chi connectivity index (χ2n) is 7.66. The van der Waals surface area contributed by atoms with Gasteiger partial charge in [0, 0.05) is 18.7 Å². The van der Waals surface area contributed by atoms with E-state index in [0.717, 1.165) is 35.9 Å². The fourth-order valence-electron chi connectivity index (χ4n) is 4.18. The molecule has 4 heteroatoms. The van der Waals surface area contributed by atoms with Crippen molar-refractivity contribution in [3.05, 3.63) is 83.1 Å². The molecule has 3 heterocycles. The fourth-order valence-corrected chi connectivity index (χ4v) is 5.00. The van der Waals surface area contributed by atoms with Crippen molar-refractivity contribution in [2.75, 3.05) is 26.2 Å². The molecule has 0 spiro atoms. The molecule has 1 fully saturated rings. The fraction of sp³-hybridized carbons (Fsp3) is 0.240. The highest BCUT2D eigenvalue weighted by molar-refractivity contribution is 7.11. The van der Waals surface area contributed by atoms with Crippen molar-refractivity contribution in [3.8, 4) is 11.1 Å². The monoisotopic (exact) mass is 399 g/mol. The standard InChI is InChI=1S/C25H25N3S/c1-19-24-23(13-18-29-24)26-25(28(19)17-16-27-14-5-6-15-27)22-11-9-21(10-12-22)20-7-3-2-4-8-20/h2-4,7-13,18H,1,5-6,14-17H2. The molecule has 0 saturated carbocycles. The third-order valence-electron chi connectivity index (χ3n) is 5.80. The average molecular weight is 400 g/mol. The molecule has 0 N–H and O–H groups in total. The zero-order chi connectivity index (χ0) is 19.6. The first kappa shape index (κ1) is 18.3. The first-order valence-electron chi connectivity index (χ1n) is 10.3. The zero-order valence-corrected chi connectivity index (χ0v) is 17.4. The molecule has 0 aliphatic carbocycles. The SMILES string of the molecule is C=C1c2sccc2N=C(c2ccc(-c3ccccc3)cc2)N1CCN1CCCC1. The minimum atomic E-state index is 0.926. The van der Waals surface area contributed by atoms with Gasteiger partial charge in [-0.05, 0) is 48.5 Å². The number of rotatable bonds is 5. The van der Waals surface area contributed by atoms with Crippen LogP contribution in [0, 0.1) is 0 Å². The maximum absolute atomic E-state index is 5.03. The Kier molecular flexibility index (Phi) is 5.04. The number of hydrogen-bond donors (Lipinski definition) is 0. The average Bonchev–Trinajstić information content (AvgIpc) is 3.46. The second kappa shape index (κ2) is 7.97. The molecular weight excluding hydrogens is 374 g/mol. The van der Waals surface area contributed by atoms with Gasteiger partial charge >= 0.3 is 0 Å². The molecule has 2 aliphatic rings. The van der Waals surface area contributed by atoms with Crippen molar-refractivity contribution >= 4 is 28.6 Å². The van der Waals surface area contributed by atoms with E-state index in [-0.39, 0.29) is 0 Å². The van der Waals surface area contributed by atoms with Crippen LogP contribution in [0.2, 0.25) is 0 Å². The van der Waals surface area contributed by atoms with Crippen LogP contribution in [0.3, 0.4) is 0 Å². The summed E-state index contributed by atoms with van der Waals surface area (Å²) in [5.74, 6) is 1.01. The molecule has 3 nitrogen and oxygen atoms in total. The summed E-state index contributed by atoms with van der Waals surface area (Å²) in [6, 6.07) is 21.4. The summed E-state index contributed by atoms with van der Waals surface area (Å²) in [5, 5.41) is 2.11. The Morgan fingerprint density at radius 2 is 1.52 bits per heavy atom. The van der Waals surface area contributed by atoms with Crippen LogP contribution in [-0.4, -0.2) is 41.8 Å². The molecule has 2 aliphatic heterocycles. The van der Waals surface area contributed by atoms with Crippen LogP contribution >= 0.6 is 11.3 Å². The summed E-state index contributed by atoms with van der Waals surface area (Å²) in [4.78, 5) is 11.1. The molecule has 0 unspecified atom stereocenters. The van der Waals surface area contributed by atoms with Gasteiger partial charge in [-0.15, -0.1) is 11.3 Å². The van der Waals surface area contributed by atoms with E-state index in [2.05, 4.69) is 82.4 Å². The normalized spacial score (nSPS) is 16.8. The summed E-state index contributed by atoms with van der Waals surface area (Å²) >= 11 is 1.73. The number of benzene rings is 2.